The molecule has 3 aromatic rings. The number of aromatic nitrogens is 1. The van der Waals surface area contributed by atoms with Crippen molar-refractivity contribution in [3.05, 3.63) is 53.6 Å². The van der Waals surface area contributed by atoms with Crippen LogP contribution in [0.25, 0.3) is 10.2 Å². The standard InChI is InChI=1S/C23H27ClN4O3S2/c1-26(2)14-6-15-27(23-25-19-7-3-4-9-21(19)32-23)22(29)20-8-5-16-28(20)33(30,31)18-12-10-17(24)11-13-18/h3-4,7,9-13,20H,5-6,8,14-16H2,1-2H3. The molecule has 1 aromatic heterocycles. The fraction of sp³-hybridized carbons (Fsp3) is 0.391. The van der Waals surface area contributed by atoms with Gasteiger partial charge in [-0.3, -0.25) is 9.69 Å². The summed E-state index contributed by atoms with van der Waals surface area (Å²) in [6.45, 7) is 1.60. The number of para-hydroxylation sites is 1. The molecule has 4 rings (SSSR count). The summed E-state index contributed by atoms with van der Waals surface area (Å²) in [7, 11) is 0.153. The number of amides is 1. The van der Waals surface area contributed by atoms with Crippen LogP contribution in [-0.4, -0.2) is 68.3 Å². The van der Waals surface area contributed by atoms with E-state index in [9.17, 15) is 13.2 Å². The molecular formula is C23H27ClN4O3S2. The van der Waals surface area contributed by atoms with E-state index in [1.165, 1.54) is 27.8 Å². The van der Waals surface area contributed by atoms with Crippen molar-refractivity contribution in [2.75, 3.05) is 38.6 Å². The Bertz CT molecular complexity index is 1190. The number of carbonyl (C=O) groups is 1. The molecule has 7 nitrogen and oxygen atoms in total. The van der Waals surface area contributed by atoms with Crippen molar-refractivity contribution in [3.63, 3.8) is 0 Å². The van der Waals surface area contributed by atoms with Gasteiger partial charge in [0.25, 0.3) is 0 Å². The molecule has 0 aliphatic carbocycles. The van der Waals surface area contributed by atoms with E-state index >= 15 is 0 Å². The van der Waals surface area contributed by atoms with Crippen LogP contribution < -0.4 is 4.90 Å². The number of halogens is 1. The number of hydrogen-bond donors (Lipinski definition) is 0. The lowest BCUT2D eigenvalue weighted by Crippen LogP contribution is -2.48. The molecule has 1 aliphatic heterocycles. The molecule has 1 amide bonds. The van der Waals surface area contributed by atoms with Gasteiger partial charge in [0.1, 0.15) is 6.04 Å². The van der Waals surface area contributed by atoms with E-state index in [4.69, 9.17) is 11.6 Å². The molecule has 1 atom stereocenters. The lowest BCUT2D eigenvalue weighted by atomic mass is 10.2. The van der Waals surface area contributed by atoms with Crippen LogP contribution in [0.5, 0.6) is 0 Å². The van der Waals surface area contributed by atoms with E-state index in [0.717, 1.165) is 23.2 Å². The van der Waals surface area contributed by atoms with Crippen molar-refractivity contribution >= 4 is 54.2 Å². The highest BCUT2D eigenvalue weighted by atomic mass is 35.5. The number of fused-ring (bicyclic) bond motifs is 1. The van der Waals surface area contributed by atoms with E-state index in [1.54, 1.807) is 17.0 Å². The second-order valence-electron chi connectivity index (χ2n) is 8.34. The summed E-state index contributed by atoms with van der Waals surface area (Å²) >= 11 is 7.39. The van der Waals surface area contributed by atoms with Gasteiger partial charge in [-0.25, -0.2) is 13.4 Å². The number of rotatable bonds is 8. The predicted octanol–water partition coefficient (Wildman–Crippen LogP) is 4.09. The average molecular weight is 507 g/mol. The van der Waals surface area contributed by atoms with Gasteiger partial charge in [-0.05, 0) is 76.3 Å². The Morgan fingerprint density at radius 2 is 1.88 bits per heavy atom. The van der Waals surface area contributed by atoms with Crippen molar-refractivity contribution in [3.8, 4) is 0 Å². The molecule has 0 bridgehead atoms. The number of hydrogen-bond acceptors (Lipinski definition) is 6. The van der Waals surface area contributed by atoms with Gasteiger partial charge in [0.15, 0.2) is 5.13 Å². The minimum absolute atomic E-state index is 0.144. The van der Waals surface area contributed by atoms with E-state index in [1.807, 2.05) is 38.4 Å². The van der Waals surface area contributed by atoms with Crippen LogP contribution in [0.2, 0.25) is 5.02 Å². The number of thiazole rings is 1. The second-order valence-corrected chi connectivity index (χ2v) is 11.7. The lowest BCUT2D eigenvalue weighted by molar-refractivity contribution is -0.121. The lowest BCUT2D eigenvalue weighted by Gasteiger charge is -2.29. The molecule has 2 heterocycles. The first kappa shape index (κ1) is 24.1. The first-order chi connectivity index (χ1) is 15.8. The maximum absolute atomic E-state index is 13.8. The Kier molecular flexibility index (Phi) is 7.35. The van der Waals surface area contributed by atoms with Crippen LogP contribution in [0.15, 0.2) is 53.4 Å². The molecule has 10 heteroatoms. The molecule has 0 N–H and O–H groups in total. The number of nitrogens with zero attached hydrogens (tertiary/aromatic N) is 4. The largest absolute Gasteiger partial charge is 0.309 e. The molecule has 1 fully saturated rings. The summed E-state index contributed by atoms with van der Waals surface area (Å²) < 4.78 is 29.0. The monoisotopic (exact) mass is 506 g/mol. The molecule has 0 spiro atoms. The Labute approximate surface area is 203 Å². The number of sulfonamides is 1. The third-order valence-electron chi connectivity index (χ3n) is 5.68. The molecule has 0 saturated carbocycles. The van der Waals surface area contributed by atoms with Gasteiger partial charge in [-0.1, -0.05) is 35.1 Å². The van der Waals surface area contributed by atoms with Gasteiger partial charge in [0.2, 0.25) is 15.9 Å². The first-order valence-corrected chi connectivity index (χ1v) is 13.5. The maximum atomic E-state index is 13.8. The second kappa shape index (κ2) is 10.1. The predicted molar refractivity (Wildman–Crippen MR) is 134 cm³/mol. The number of benzene rings is 2. The molecule has 33 heavy (non-hydrogen) atoms. The average Bonchev–Trinajstić information content (AvgIpc) is 3.44. The number of carbonyl (C=O) groups excluding carboxylic acids is 1. The minimum Gasteiger partial charge on any atom is -0.309 e. The van der Waals surface area contributed by atoms with E-state index in [2.05, 4.69) is 9.88 Å². The zero-order valence-corrected chi connectivity index (χ0v) is 21.0. The molecule has 176 valence electrons. The molecular weight excluding hydrogens is 480 g/mol. The minimum atomic E-state index is -3.82. The summed E-state index contributed by atoms with van der Waals surface area (Å²) in [6.07, 6.45) is 1.88. The zero-order chi connectivity index (χ0) is 23.6. The Morgan fingerprint density at radius 1 is 1.15 bits per heavy atom. The summed E-state index contributed by atoms with van der Waals surface area (Å²) in [5.41, 5.74) is 0.833. The van der Waals surface area contributed by atoms with Gasteiger partial charge in [-0.15, -0.1) is 0 Å². The maximum Gasteiger partial charge on any atom is 0.247 e. The van der Waals surface area contributed by atoms with E-state index in [0.29, 0.717) is 36.1 Å². The highest BCUT2D eigenvalue weighted by molar-refractivity contribution is 7.89. The molecule has 1 unspecified atom stereocenters. The van der Waals surface area contributed by atoms with Crippen molar-refractivity contribution in [1.82, 2.24) is 14.2 Å². The topological polar surface area (TPSA) is 73.8 Å². The van der Waals surface area contributed by atoms with Crippen LogP contribution in [0.1, 0.15) is 19.3 Å². The molecule has 1 aliphatic rings. The third-order valence-corrected chi connectivity index (χ3v) is 8.91. The van der Waals surface area contributed by atoms with E-state index < -0.39 is 16.1 Å². The highest BCUT2D eigenvalue weighted by Gasteiger charge is 2.42. The van der Waals surface area contributed by atoms with Gasteiger partial charge in [-0.2, -0.15) is 4.31 Å². The van der Waals surface area contributed by atoms with Gasteiger partial charge < -0.3 is 4.90 Å². The fourth-order valence-electron chi connectivity index (χ4n) is 4.02. The van der Waals surface area contributed by atoms with Gasteiger partial charge >= 0.3 is 0 Å². The Hall–Kier alpha value is -2.04. The first-order valence-electron chi connectivity index (χ1n) is 10.9. The number of anilines is 1. The Morgan fingerprint density at radius 3 is 2.58 bits per heavy atom. The van der Waals surface area contributed by atoms with Crippen LogP contribution in [0.3, 0.4) is 0 Å². The van der Waals surface area contributed by atoms with Crippen molar-refractivity contribution < 1.29 is 13.2 Å². The van der Waals surface area contributed by atoms with E-state index in [-0.39, 0.29) is 10.8 Å². The van der Waals surface area contributed by atoms with Crippen LogP contribution in [-0.2, 0) is 14.8 Å². The fourth-order valence-corrected chi connectivity index (χ4v) is 6.79. The quantitative estimate of drug-likeness (QED) is 0.460. The molecule has 0 radical (unpaired) electrons. The summed E-state index contributed by atoms with van der Waals surface area (Å²) in [5, 5.41) is 1.07. The summed E-state index contributed by atoms with van der Waals surface area (Å²) in [5.74, 6) is -0.220. The van der Waals surface area contributed by atoms with Crippen LogP contribution in [0.4, 0.5) is 5.13 Å². The van der Waals surface area contributed by atoms with Crippen molar-refractivity contribution in [2.45, 2.75) is 30.2 Å². The van der Waals surface area contributed by atoms with Crippen molar-refractivity contribution in [1.29, 1.82) is 0 Å². The van der Waals surface area contributed by atoms with Crippen molar-refractivity contribution in [2.24, 2.45) is 0 Å². The van der Waals surface area contributed by atoms with Gasteiger partial charge in [0.05, 0.1) is 15.1 Å². The van der Waals surface area contributed by atoms with Crippen LogP contribution in [0, 0.1) is 0 Å². The smallest absolute Gasteiger partial charge is 0.247 e. The molecule has 1 saturated heterocycles. The summed E-state index contributed by atoms with van der Waals surface area (Å²) in [4.78, 5) is 22.4. The SMILES string of the molecule is CN(C)CCCN(C(=O)C1CCCN1S(=O)(=O)c1ccc(Cl)cc1)c1nc2ccccc2s1. The normalized spacial score (nSPS) is 17.2. The van der Waals surface area contributed by atoms with Gasteiger partial charge in [0, 0.05) is 18.1 Å². The Balaban J connectivity index is 1.64. The third kappa shape index (κ3) is 5.22. The zero-order valence-electron chi connectivity index (χ0n) is 18.6. The van der Waals surface area contributed by atoms with Crippen LogP contribution >= 0.6 is 22.9 Å². The summed E-state index contributed by atoms with van der Waals surface area (Å²) in [6, 6.07) is 13.1. The highest BCUT2D eigenvalue weighted by Crippen LogP contribution is 2.33. The molecule has 2 aromatic carbocycles.